The highest BCUT2D eigenvalue weighted by molar-refractivity contribution is 4.79. The summed E-state index contributed by atoms with van der Waals surface area (Å²) < 4.78 is 10.3. The van der Waals surface area contributed by atoms with Crippen LogP contribution in [0.4, 0.5) is 0 Å². The zero-order valence-corrected chi connectivity index (χ0v) is 9.79. The fraction of sp³-hybridized carbons (Fsp3) is 1.00. The van der Waals surface area contributed by atoms with E-state index < -0.39 is 5.60 Å². The van der Waals surface area contributed by atoms with Crippen LogP contribution in [0.25, 0.3) is 0 Å². The van der Waals surface area contributed by atoms with Gasteiger partial charge in [0.1, 0.15) is 0 Å². The number of methoxy groups -OCH3 is 1. The van der Waals surface area contributed by atoms with Gasteiger partial charge in [-0.2, -0.15) is 0 Å². The Morgan fingerprint density at radius 3 is 3.00 bits per heavy atom. The molecule has 2 atom stereocenters. The first-order chi connectivity index (χ1) is 7.14. The van der Waals surface area contributed by atoms with E-state index in [1.54, 1.807) is 7.11 Å². The number of ether oxygens (including phenoxy) is 2. The maximum Gasteiger partial charge on any atom is 0.0765 e. The van der Waals surface area contributed by atoms with Gasteiger partial charge in [-0.3, -0.25) is 0 Å². The maximum absolute atomic E-state index is 9.99. The van der Waals surface area contributed by atoms with Crippen LogP contribution in [0.1, 0.15) is 26.2 Å². The van der Waals surface area contributed by atoms with Gasteiger partial charge in [0.2, 0.25) is 0 Å². The summed E-state index contributed by atoms with van der Waals surface area (Å²) in [6.07, 6.45) is 2.91. The molecule has 1 aliphatic heterocycles. The number of rotatable bonds is 6. The molecule has 0 radical (unpaired) electrons. The Morgan fingerprint density at radius 2 is 2.40 bits per heavy atom. The predicted molar refractivity (Wildman–Crippen MR) is 59.0 cm³/mol. The molecule has 2 unspecified atom stereocenters. The normalized spacial score (nSPS) is 26.2. The van der Waals surface area contributed by atoms with Crippen LogP contribution in [0.2, 0.25) is 0 Å². The molecule has 0 aromatic rings. The molecule has 1 aliphatic rings. The molecular weight excluding hydrogens is 194 g/mol. The number of nitrogens with one attached hydrogen (secondary N) is 1. The highest BCUT2D eigenvalue weighted by Crippen LogP contribution is 2.10. The Morgan fingerprint density at radius 1 is 1.60 bits per heavy atom. The molecule has 0 bridgehead atoms. The highest BCUT2D eigenvalue weighted by Gasteiger charge is 2.22. The molecule has 1 fully saturated rings. The summed E-state index contributed by atoms with van der Waals surface area (Å²) in [7, 11) is 1.65. The van der Waals surface area contributed by atoms with Crippen molar-refractivity contribution in [3.63, 3.8) is 0 Å². The van der Waals surface area contributed by atoms with Gasteiger partial charge in [-0.15, -0.1) is 0 Å². The minimum absolute atomic E-state index is 0.396. The lowest BCUT2D eigenvalue weighted by molar-refractivity contribution is 0.0124. The van der Waals surface area contributed by atoms with Crippen molar-refractivity contribution in [1.29, 1.82) is 0 Å². The molecule has 0 aromatic carbocycles. The summed E-state index contributed by atoms with van der Waals surface area (Å²) >= 11 is 0. The average molecular weight is 217 g/mol. The van der Waals surface area contributed by atoms with Crippen LogP contribution in [0.3, 0.4) is 0 Å². The third-order valence-corrected chi connectivity index (χ3v) is 2.78. The quantitative estimate of drug-likeness (QED) is 0.682. The Bertz CT molecular complexity index is 167. The third kappa shape index (κ3) is 5.47. The maximum atomic E-state index is 9.99. The first kappa shape index (κ1) is 12.9. The van der Waals surface area contributed by atoms with Gasteiger partial charge in [0.05, 0.1) is 12.2 Å². The SMILES string of the molecule is COCCC(C)(O)CNC1CCCOC1. The van der Waals surface area contributed by atoms with Gasteiger partial charge in [0.25, 0.3) is 0 Å². The molecule has 0 saturated carbocycles. The summed E-state index contributed by atoms with van der Waals surface area (Å²) in [6.45, 7) is 4.67. The summed E-state index contributed by atoms with van der Waals surface area (Å²) in [5.74, 6) is 0. The van der Waals surface area contributed by atoms with Crippen molar-refractivity contribution in [1.82, 2.24) is 5.32 Å². The Labute approximate surface area is 92.0 Å². The molecule has 4 nitrogen and oxygen atoms in total. The summed E-state index contributed by atoms with van der Waals surface area (Å²) in [6, 6.07) is 0.396. The lowest BCUT2D eigenvalue weighted by atomic mass is 10.0. The fourth-order valence-corrected chi connectivity index (χ4v) is 1.68. The van der Waals surface area contributed by atoms with Crippen molar-refractivity contribution >= 4 is 0 Å². The molecule has 0 aliphatic carbocycles. The van der Waals surface area contributed by atoms with Gasteiger partial charge in [-0.1, -0.05) is 0 Å². The third-order valence-electron chi connectivity index (χ3n) is 2.78. The van der Waals surface area contributed by atoms with Crippen LogP contribution in [0.15, 0.2) is 0 Å². The van der Waals surface area contributed by atoms with Gasteiger partial charge in [0, 0.05) is 39.3 Å². The first-order valence-corrected chi connectivity index (χ1v) is 5.66. The van der Waals surface area contributed by atoms with E-state index >= 15 is 0 Å². The Balaban J connectivity index is 2.15. The number of hydrogen-bond acceptors (Lipinski definition) is 4. The average Bonchev–Trinajstić information content (AvgIpc) is 2.25. The van der Waals surface area contributed by atoms with Crippen molar-refractivity contribution in [3.05, 3.63) is 0 Å². The molecule has 0 aromatic heterocycles. The van der Waals surface area contributed by atoms with Crippen LogP contribution in [0.5, 0.6) is 0 Å². The summed E-state index contributed by atoms with van der Waals surface area (Å²) in [5.41, 5.74) is -0.687. The van der Waals surface area contributed by atoms with Gasteiger partial charge in [0.15, 0.2) is 0 Å². The molecule has 1 heterocycles. The monoisotopic (exact) mass is 217 g/mol. The standard InChI is InChI=1S/C11H23NO3/c1-11(13,5-7-14-2)9-12-10-4-3-6-15-8-10/h10,12-13H,3-9H2,1-2H3. The van der Waals surface area contributed by atoms with Crippen molar-refractivity contribution in [2.75, 3.05) is 33.5 Å². The van der Waals surface area contributed by atoms with Crippen molar-refractivity contribution in [2.24, 2.45) is 0 Å². The van der Waals surface area contributed by atoms with Gasteiger partial charge in [-0.05, 0) is 19.8 Å². The zero-order chi connectivity index (χ0) is 11.1. The van der Waals surface area contributed by atoms with Crippen molar-refractivity contribution in [3.8, 4) is 0 Å². The van der Waals surface area contributed by atoms with Crippen LogP contribution >= 0.6 is 0 Å². The molecule has 90 valence electrons. The predicted octanol–water partition coefficient (Wildman–Crippen LogP) is 0.542. The van der Waals surface area contributed by atoms with Crippen LogP contribution in [-0.4, -0.2) is 50.2 Å². The van der Waals surface area contributed by atoms with Gasteiger partial charge >= 0.3 is 0 Å². The lowest BCUT2D eigenvalue weighted by Gasteiger charge is -2.29. The zero-order valence-electron chi connectivity index (χ0n) is 9.79. The molecular formula is C11H23NO3. The number of hydrogen-bond donors (Lipinski definition) is 2. The van der Waals surface area contributed by atoms with E-state index in [1.165, 1.54) is 0 Å². The number of aliphatic hydroxyl groups is 1. The minimum atomic E-state index is -0.687. The molecule has 2 N–H and O–H groups in total. The highest BCUT2D eigenvalue weighted by atomic mass is 16.5. The van der Waals surface area contributed by atoms with Crippen LogP contribution in [0, 0.1) is 0 Å². The van der Waals surface area contributed by atoms with E-state index in [2.05, 4.69) is 5.32 Å². The van der Waals surface area contributed by atoms with E-state index in [9.17, 15) is 5.11 Å². The van der Waals surface area contributed by atoms with Gasteiger partial charge < -0.3 is 19.9 Å². The molecule has 15 heavy (non-hydrogen) atoms. The summed E-state index contributed by atoms with van der Waals surface area (Å²) in [4.78, 5) is 0. The molecule has 1 saturated heterocycles. The van der Waals surface area contributed by atoms with Crippen molar-refractivity contribution < 1.29 is 14.6 Å². The van der Waals surface area contributed by atoms with E-state index in [0.717, 1.165) is 26.1 Å². The fourth-order valence-electron chi connectivity index (χ4n) is 1.68. The Hall–Kier alpha value is -0.160. The lowest BCUT2D eigenvalue weighted by Crippen LogP contribution is -2.46. The topological polar surface area (TPSA) is 50.7 Å². The largest absolute Gasteiger partial charge is 0.389 e. The van der Waals surface area contributed by atoms with Crippen LogP contribution in [-0.2, 0) is 9.47 Å². The molecule has 1 rings (SSSR count). The second kappa shape index (κ2) is 6.43. The van der Waals surface area contributed by atoms with E-state index in [4.69, 9.17) is 9.47 Å². The van der Waals surface area contributed by atoms with E-state index in [-0.39, 0.29) is 0 Å². The van der Waals surface area contributed by atoms with Crippen LogP contribution < -0.4 is 5.32 Å². The molecule has 0 spiro atoms. The smallest absolute Gasteiger partial charge is 0.0765 e. The first-order valence-electron chi connectivity index (χ1n) is 5.66. The van der Waals surface area contributed by atoms with E-state index in [0.29, 0.717) is 25.6 Å². The summed E-state index contributed by atoms with van der Waals surface area (Å²) in [5, 5.41) is 13.3. The van der Waals surface area contributed by atoms with Gasteiger partial charge in [-0.25, -0.2) is 0 Å². The molecule has 0 amide bonds. The Kier molecular flexibility index (Phi) is 5.53. The second-order valence-corrected chi connectivity index (χ2v) is 4.53. The minimum Gasteiger partial charge on any atom is -0.389 e. The second-order valence-electron chi connectivity index (χ2n) is 4.53. The van der Waals surface area contributed by atoms with Crippen molar-refractivity contribution in [2.45, 2.75) is 37.8 Å². The van der Waals surface area contributed by atoms with E-state index in [1.807, 2.05) is 6.92 Å². The molecule has 4 heteroatoms.